The van der Waals surface area contributed by atoms with Crippen LogP contribution in [0.4, 0.5) is 0 Å². The van der Waals surface area contributed by atoms with E-state index in [0.717, 1.165) is 0 Å². The summed E-state index contributed by atoms with van der Waals surface area (Å²) in [6.45, 7) is 0.941. The summed E-state index contributed by atoms with van der Waals surface area (Å²) in [5.41, 5.74) is 0. The zero-order valence-electron chi connectivity index (χ0n) is 6.96. The van der Waals surface area contributed by atoms with Gasteiger partial charge in [0.1, 0.15) is 17.4 Å². The molecule has 0 N–H and O–H groups in total. The van der Waals surface area contributed by atoms with Gasteiger partial charge >= 0.3 is 0 Å². The highest BCUT2D eigenvalue weighted by atomic mass is 79.9. The van der Waals surface area contributed by atoms with E-state index in [1.807, 2.05) is 0 Å². The van der Waals surface area contributed by atoms with Crippen molar-refractivity contribution in [2.45, 2.75) is 0 Å². The third-order valence-corrected chi connectivity index (χ3v) is 2.47. The molecule has 0 spiro atoms. The van der Waals surface area contributed by atoms with Crippen LogP contribution in [0.5, 0.6) is 5.88 Å². The summed E-state index contributed by atoms with van der Waals surface area (Å²) in [6, 6.07) is 0. The lowest BCUT2D eigenvalue weighted by atomic mass is 10.6. The number of aromatic nitrogens is 2. The van der Waals surface area contributed by atoms with Crippen molar-refractivity contribution in [3.63, 3.8) is 0 Å². The van der Waals surface area contributed by atoms with E-state index in [0.29, 0.717) is 28.7 Å². The Hall–Kier alpha value is -0.390. The molecule has 72 valence electrons. The highest BCUT2D eigenvalue weighted by molar-refractivity contribution is 9.10. The van der Waals surface area contributed by atoms with Gasteiger partial charge in [-0.15, -0.1) is 0 Å². The molecule has 0 atom stereocenters. The summed E-state index contributed by atoms with van der Waals surface area (Å²) < 4.78 is 10.6. The van der Waals surface area contributed by atoms with Gasteiger partial charge < -0.3 is 9.47 Å². The number of hydrogen-bond donors (Lipinski definition) is 0. The number of ether oxygens (including phenoxy) is 2. The van der Waals surface area contributed by atoms with Crippen molar-refractivity contribution in [1.82, 2.24) is 9.97 Å². The fourth-order valence-corrected chi connectivity index (χ4v) is 1.10. The summed E-state index contributed by atoms with van der Waals surface area (Å²) in [5.74, 6) is 0.428. The number of nitrogens with zero attached hydrogens (tertiary/aromatic N) is 2. The van der Waals surface area contributed by atoms with Gasteiger partial charge in [0.2, 0.25) is 5.88 Å². The van der Waals surface area contributed by atoms with E-state index in [4.69, 9.17) is 21.1 Å². The fourth-order valence-electron chi connectivity index (χ4n) is 0.656. The second kappa shape index (κ2) is 5.36. The average molecular weight is 268 g/mol. The SMILES string of the molecule is COCCOc1ncnc(Cl)c1Br. The van der Waals surface area contributed by atoms with E-state index >= 15 is 0 Å². The topological polar surface area (TPSA) is 44.2 Å². The third kappa shape index (κ3) is 3.10. The van der Waals surface area contributed by atoms with Gasteiger partial charge in [-0.1, -0.05) is 11.6 Å². The summed E-state index contributed by atoms with van der Waals surface area (Å²) >= 11 is 8.93. The van der Waals surface area contributed by atoms with Crippen molar-refractivity contribution in [3.8, 4) is 5.88 Å². The molecule has 0 fully saturated rings. The van der Waals surface area contributed by atoms with Crippen LogP contribution in [0.2, 0.25) is 5.15 Å². The molecular weight excluding hydrogens is 259 g/mol. The van der Waals surface area contributed by atoms with Gasteiger partial charge in [-0.3, -0.25) is 0 Å². The molecule has 0 aliphatic rings. The molecule has 4 nitrogen and oxygen atoms in total. The number of methoxy groups -OCH3 is 1. The molecule has 0 unspecified atom stereocenters. The van der Waals surface area contributed by atoms with Crippen LogP contribution in [0.3, 0.4) is 0 Å². The molecule has 0 aromatic carbocycles. The van der Waals surface area contributed by atoms with Crippen molar-refractivity contribution < 1.29 is 9.47 Å². The highest BCUT2D eigenvalue weighted by Crippen LogP contribution is 2.27. The molecule has 6 heteroatoms. The molecular formula is C7H8BrClN2O2. The van der Waals surface area contributed by atoms with Crippen molar-refractivity contribution >= 4 is 27.5 Å². The van der Waals surface area contributed by atoms with Crippen LogP contribution in [0, 0.1) is 0 Å². The molecule has 13 heavy (non-hydrogen) atoms. The second-order valence-electron chi connectivity index (χ2n) is 2.12. The highest BCUT2D eigenvalue weighted by Gasteiger charge is 2.06. The molecule has 0 radical (unpaired) electrons. The van der Waals surface area contributed by atoms with Gasteiger partial charge in [0.15, 0.2) is 5.15 Å². The van der Waals surface area contributed by atoms with Gasteiger partial charge in [0, 0.05) is 7.11 Å². The molecule has 0 aliphatic carbocycles. The number of hydrogen-bond acceptors (Lipinski definition) is 4. The van der Waals surface area contributed by atoms with Gasteiger partial charge in [-0.2, -0.15) is 0 Å². The van der Waals surface area contributed by atoms with Gasteiger partial charge in [-0.25, -0.2) is 9.97 Å². The molecule has 0 saturated heterocycles. The van der Waals surface area contributed by atoms with Crippen LogP contribution in [0.25, 0.3) is 0 Å². The van der Waals surface area contributed by atoms with E-state index in [1.54, 1.807) is 7.11 Å². The zero-order chi connectivity index (χ0) is 9.68. The van der Waals surface area contributed by atoms with Gasteiger partial charge in [-0.05, 0) is 15.9 Å². The predicted octanol–water partition coefficient (Wildman–Crippen LogP) is 1.92. The average Bonchev–Trinajstić information content (AvgIpc) is 2.13. The Kier molecular flexibility index (Phi) is 4.41. The van der Waals surface area contributed by atoms with Crippen molar-refractivity contribution in [2.24, 2.45) is 0 Å². The van der Waals surface area contributed by atoms with Gasteiger partial charge in [0.05, 0.1) is 6.61 Å². The molecule has 1 rings (SSSR count). The lowest BCUT2D eigenvalue weighted by Crippen LogP contribution is -2.06. The first-order valence-corrected chi connectivity index (χ1v) is 4.70. The molecule has 0 saturated carbocycles. The van der Waals surface area contributed by atoms with Crippen molar-refractivity contribution in [3.05, 3.63) is 16.0 Å². The standard InChI is InChI=1S/C7H8BrClN2O2/c1-12-2-3-13-7-5(8)6(9)10-4-11-7/h4H,2-3H2,1H3. The lowest BCUT2D eigenvalue weighted by Gasteiger charge is -2.05. The van der Waals surface area contributed by atoms with Crippen LogP contribution in [0.1, 0.15) is 0 Å². The summed E-state index contributed by atoms with van der Waals surface area (Å²) in [6.07, 6.45) is 1.34. The number of rotatable bonds is 4. The Balaban J connectivity index is 2.61. The fraction of sp³-hybridized carbons (Fsp3) is 0.429. The Morgan fingerprint density at radius 1 is 1.46 bits per heavy atom. The number of halogens is 2. The summed E-state index contributed by atoms with van der Waals surface area (Å²) in [5, 5.41) is 0.336. The maximum atomic E-state index is 5.72. The summed E-state index contributed by atoms with van der Waals surface area (Å²) in [7, 11) is 1.60. The van der Waals surface area contributed by atoms with Crippen LogP contribution < -0.4 is 4.74 Å². The van der Waals surface area contributed by atoms with Crippen molar-refractivity contribution in [1.29, 1.82) is 0 Å². The maximum Gasteiger partial charge on any atom is 0.232 e. The van der Waals surface area contributed by atoms with E-state index in [2.05, 4.69) is 25.9 Å². The van der Waals surface area contributed by atoms with Gasteiger partial charge in [0.25, 0.3) is 0 Å². The lowest BCUT2D eigenvalue weighted by molar-refractivity contribution is 0.143. The van der Waals surface area contributed by atoms with E-state index in [1.165, 1.54) is 6.33 Å². The first kappa shape index (κ1) is 10.7. The second-order valence-corrected chi connectivity index (χ2v) is 3.28. The molecule has 0 amide bonds. The quantitative estimate of drug-likeness (QED) is 0.617. The maximum absolute atomic E-state index is 5.72. The van der Waals surface area contributed by atoms with Crippen LogP contribution in [0.15, 0.2) is 10.8 Å². The minimum atomic E-state index is 0.336. The van der Waals surface area contributed by atoms with Crippen LogP contribution in [-0.2, 0) is 4.74 Å². The Labute approximate surface area is 89.4 Å². The largest absolute Gasteiger partial charge is 0.474 e. The smallest absolute Gasteiger partial charge is 0.232 e. The van der Waals surface area contributed by atoms with E-state index in [9.17, 15) is 0 Å². The normalized spacial score (nSPS) is 10.1. The Morgan fingerprint density at radius 2 is 2.23 bits per heavy atom. The third-order valence-electron chi connectivity index (χ3n) is 1.24. The molecule has 1 heterocycles. The van der Waals surface area contributed by atoms with Crippen LogP contribution in [-0.4, -0.2) is 30.3 Å². The first-order chi connectivity index (χ1) is 6.25. The summed E-state index contributed by atoms with van der Waals surface area (Å²) in [4.78, 5) is 7.65. The first-order valence-electron chi connectivity index (χ1n) is 3.53. The Bertz CT molecular complexity index is 285. The monoisotopic (exact) mass is 266 g/mol. The minimum Gasteiger partial charge on any atom is -0.474 e. The molecule has 0 aliphatic heterocycles. The Morgan fingerprint density at radius 3 is 2.92 bits per heavy atom. The predicted molar refractivity (Wildman–Crippen MR) is 52.1 cm³/mol. The molecule has 1 aromatic heterocycles. The zero-order valence-corrected chi connectivity index (χ0v) is 9.30. The minimum absolute atomic E-state index is 0.336. The van der Waals surface area contributed by atoms with E-state index < -0.39 is 0 Å². The van der Waals surface area contributed by atoms with Crippen LogP contribution >= 0.6 is 27.5 Å². The van der Waals surface area contributed by atoms with E-state index in [-0.39, 0.29) is 0 Å². The molecule has 1 aromatic rings. The van der Waals surface area contributed by atoms with Crippen molar-refractivity contribution in [2.75, 3.05) is 20.3 Å². The molecule has 0 bridgehead atoms.